The van der Waals surface area contributed by atoms with Gasteiger partial charge in [0.1, 0.15) is 4.90 Å². The van der Waals surface area contributed by atoms with Crippen LogP contribution in [-0.2, 0) is 14.8 Å². The van der Waals surface area contributed by atoms with E-state index in [9.17, 15) is 8.42 Å². The van der Waals surface area contributed by atoms with Gasteiger partial charge in [0.05, 0.1) is 24.1 Å². The van der Waals surface area contributed by atoms with Gasteiger partial charge in [0, 0.05) is 26.6 Å². The van der Waals surface area contributed by atoms with Crippen LogP contribution in [0.3, 0.4) is 0 Å². The van der Waals surface area contributed by atoms with E-state index >= 15 is 0 Å². The molecule has 0 radical (unpaired) electrons. The second kappa shape index (κ2) is 6.65. The van der Waals surface area contributed by atoms with Crippen LogP contribution in [0.1, 0.15) is 17.8 Å². The van der Waals surface area contributed by atoms with Crippen LogP contribution in [0.5, 0.6) is 0 Å². The lowest BCUT2D eigenvalue weighted by molar-refractivity contribution is 0.179. The monoisotopic (exact) mass is 286 g/mol. The number of hydrogen-bond acceptors (Lipinski definition) is 5. The van der Waals surface area contributed by atoms with E-state index in [1.165, 1.54) is 11.4 Å². The zero-order valence-corrected chi connectivity index (χ0v) is 12.1. The SMILES string of the molecule is COCCN(CCC#N)S(=O)(=O)c1c(C)n[nH]c1C. The summed E-state index contributed by atoms with van der Waals surface area (Å²) in [4.78, 5) is 0.182. The maximum Gasteiger partial charge on any atom is 0.246 e. The first-order chi connectivity index (χ1) is 8.95. The van der Waals surface area contributed by atoms with E-state index in [0.29, 0.717) is 11.4 Å². The standard InChI is InChI=1S/C11H18N4O3S/c1-9-11(10(2)14-13-9)19(16,17)15(6-4-5-12)7-8-18-3/h4,6-8H2,1-3H3,(H,13,14). The molecule has 1 rings (SSSR count). The largest absolute Gasteiger partial charge is 0.383 e. The van der Waals surface area contributed by atoms with E-state index in [4.69, 9.17) is 10.00 Å². The Labute approximate surface area is 113 Å². The third-order valence-corrected chi connectivity index (χ3v) is 4.84. The summed E-state index contributed by atoms with van der Waals surface area (Å²) in [5.74, 6) is 0. The summed E-state index contributed by atoms with van der Waals surface area (Å²) in [7, 11) is -2.15. The molecule has 8 heteroatoms. The number of nitriles is 1. The summed E-state index contributed by atoms with van der Waals surface area (Å²) in [6.07, 6.45) is 0.138. The van der Waals surface area contributed by atoms with E-state index in [0.717, 1.165) is 0 Å². The number of methoxy groups -OCH3 is 1. The van der Waals surface area contributed by atoms with Crippen LogP contribution >= 0.6 is 0 Å². The minimum atomic E-state index is -3.66. The Hall–Kier alpha value is -1.43. The van der Waals surface area contributed by atoms with Crippen LogP contribution < -0.4 is 0 Å². The summed E-state index contributed by atoms with van der Waals surface area (Å²) in [5, 5.41) is 15.2. The minimum absolute atomic E-state index is 0.138. The molecule has 0 aliphatic heterocycles. The van der Waals surface area contributed by atoms with E-state index in [1.807, 2.05) is 6.07 Å². The van der Waals surface area contributed by atoms with Crippen LogP contribution in [0, 0.1) is 25.2 Å². The molecule has 0 saturated heterocycles. The Bertz CT molecular complexity index is 539. The van der Waals surface area contributed by atoms with Gasteiger partial charge in [-0.25, -0.2) is 8.42 Å². The lowest BCUT2D eigenvalue weighted by Gasteiger charge is -2.20. The van der Waals surface area contributed by atoms with Gasteiger partial charge in [-0.1, -0.05) is 0 Å². The molecule has 1 aromatic heterocycles. The van der Waals surface area contributed by atoms with Gasteiger partial charge in [-0.3, -0.25) is 5.10 Å². The first kappa shape index (κ1) is 15.6. The Morgan fingerprint density at radius 1 is 1.42 bits per heavy atom. The highest BCUT2D eigenvalue weighted by molar-refractivity contribution is 7.89. The molecule has 0 aliphatic rings. The highest BCUT2D eigenvalue weighted by atomic mass is 32.2. The molecule has 7 nitrogen and oxygen atoms in total. The van der Waals surface area contributed by atoms with Crippen molar-refractivity contribution in [3.8, 4) is 6.07 Å². The van der Waals surface area contributed by atoms with Gasteiger partial charge in [-0.05, 0) is 13.8 Å². The fourth-order valence-electron chi connectivity index (χ4n) is 1.77. The topological polar surface area (TPSA) is 99.1 Å². The van der Waals surface area contributed by atoms with E-state index in [1.54, 1.807) is 13.8 Å². The van der Waals surface area contributed by atoms with Crippen LogP contribution in [0.4, 0.5) is 0 Å². The number of nitrogens with zero attached hydrogens (tertiary/aromatic N) is 3. The molecule has 0 fully saturated rings. The molecule has 1 heterocycles. The van der Waals surface area contributed by atoms with E-state index in [2.05, 4.69) is 10.2 Å². The van der Waals surface area contributed by atoms with Crippen LogP contribution in [-0.4, -0.2) is 49.7 Å². The zero-order chi connectivity index (χ0) is 14.5. The fourth-order valence-corrected chi connectivity index (χ4v) is 3.53. The second-order valence-electron chi connectivity index (χ2n) is 4.07. The van der Waals surface area contributed by atoms with Gasteiger partial charge in [0.25, 0.3) is 0 Å². The minimum Gasteiger partial charge on any atom is -0.383 e. The second-order valence-corrected chi connectivity index (χ2v) is 5.94. The van der Waals surface area contributed by atoms with Gasteiger partial charge in [-0.15, -0.1) is 0 Å². The predicted octanol–water partition coefficient (Wildman–Crippen LogP) is 0.577. The molecule has 0 unspecified atom stereocenters. The van der Waals surface area contributed by atoms with Gasteiger partial charge in [0.15, 0.2) is 0 Å². The molecule has 0 atom stereocenters. The van der Waals surface area contributed by atoms with Gasteiger partial charge in [-0.2, -0.15) is 14.7 Å². The third-order valence-electron chi connectivity index (χ3n) is 2.68. The summed E-state index contributed by atoms with van der Waals surface area (Å²) >= 11 is 0. The normalized spacial score (nSPS) is 11.7. The number of hydrogen-bond donors (Lipinski definition) is 1. The van der Waals surface area contributed by atoms with E-state index in [-0.39, 0.29) is 31.0 Å². The Balaban J connectivity index is 3.09. The maximum atomic E-state index is 12.5. The van der Waals surface area contributed by atoms with Crippen molar-refractivity contribution >= 4 is 10.0 Å². The zero-order valence-electron chi connectivity index (χ0n) is 11.3. The fraction of sp³-hybridized carbons (Fsp3) is 0.636. The van der Waals surface area contributed by atoms with Crippen molar-refractivity contribution in [3.63, 3.8) is 0 Å². The molecule has 106 valence electrons. The third kappa shape index (κ3) is 3.53. The molecule has 0 bridgehead atoms. The summed E-state index contributed by atoms with van der Waals surface area (Å²) in [5.41, 5.74) is 0.925. The molecule has 0 amide bonds. The van der Waals surface area contributed by atoms with Crippen molar-refractivity contribution in [1.82, 2.24) is 14.5 Å². The summed E-state index contributed by atoms with van der Waals surface area (Å²) in [6, 6.07) is 1.95. The number of H-pyrrole nitrogens is 1. The quantitative estimate of drug-likeness (QED) is 0.790. The highest BCUT2D eigenvalue weighted by Crippen LogP contribution is 2.21. The molecular formula is C11H18N4O3S. The lowest BCUT2D eigenvalue weighted by atomic mass is 10.4. The summed E-state index contributed by atoms with van der Waals surface area (Å²) < 4.78 is 31.3. The molecule has 1 aromatic rings. The molecule has 0 spiro atoms. The molecule has 0 saturated carbocycles. The van der Waals surface area contributed by atoms with Gasteiger partial charge in [0.2, 0.25) is 10.0 Å². The van der Waals surface area contributed by atoms with Crippen molar-refractivity contribution in [2.75, 3.05) is 26.8 Å². The molecule has 19 heavy (non-hydrogen) atoms. The van der Waals surface area contributed by atoms with E-state index < -0.39 is 10.0 Å². The van der Waals surface area contributed by atoms with Crippen molar-refractivity contribution < 1.29 is 13.2 Å². The first-order valence-electron chi connectivity index (χ1n) is 5.82. The van der Waals surface area contributed by atoms with Crippen molar-refractivity contribution in [2.24, 2.45) is 0 Å². The van der Waals surface area contributed by atoms with Crippen molar-refractivity contribution in [3.05, 3.63) is 11.4 Å². The molecule has 0 aromatic carbocycles. The first-order valence-corrected chi connectivity index (χ1v) is 7.26. The van der Waals surface area contributed by atoms with Crippen molar-refractivity contribution in [1.29, 1.82) is 5.26 Å². The Morgan fingerprint density at radius 2 is 2.11 bits per heavy atom. The summed E-state index contributed by atoms with van der Waals surface area (Å²) in [6.45, 7) is 3.93. The average Bonchev–Trinajstić information content (AvgIpc) is 2.69. The molecule has 0 aliphatic carbocycles. The number of aromatic amines is 1. The number of aromatic nitrogens is 2. The highest BCUT2D eigenvalue weighted by Gasteiger charge is 2.29. The Kier molecular flexibility index (Phi) is 5.47. The van der Waals surface area contributed by atoms with Crippen LogP contribution in [0.2, 0.25) is 0 Å². The lowest BCUT2D eigenvalue weighted by Crippen LogP contribution is -2.35. The maximum absolute atomic E-state index is 12.5. The van der Waals surface area contributed by atoms with Crippen molar-refractivity contribution in [2.45, 2.75) is 25.2 Å². The van der Waals surface area contributed by atoms with Crippen LogP contribution in [0.25, 0.3) is 0 Å². The Morgan fingerprint density at radius 3 is 2.58 bits per heavy atom. The smallest absolute Gasteiger partial charge is 0.246 e. The molecule has 1 N–H and O–H groups in total. The number of nitrogens with one attached hydrogen (secondary N) is 1. The average molecular weight is 286 g/mol. The number of rotatable bonds is 7. The number of ether oxygens (including phenoxy) is 1. The molecular weight excluding hydrogens is 268 g/mol. The van der Waals surface area contributed by atoms with Gasteiger partial charge < -0.3 is 4.74 Å². The van der Waals surface area contributed by atoms with Crippen LogP contribution in [0.15, 0.2) is 4.90 Å². The number of sulfonamides is 1. The number of aryl methyl sites for hydroxylation is 2. The van der Waals surface area contributed by atoms with Gasteiger partial charge >= 0.3 is 0 Å². The predicted molar refractivity (Wildman–Crippen MR) is 68.9 cm³/mol.